The molecule has 4 rings (SSSR count). The minimum atomic E-state index is -0.0772. The van der Waals surface area contributed by atoms with Gasteiger partial charge in [0.05, 0.1) is 18.3 Å². The minimum Gasteiger partial charge on any atom is -0.340 e. The van der Waals surface area contributed by atoms with Crippen LogP contribution in [0.5, 0.6) is 0 Å². The number of hydrogen-bond donors (Lipinski definition) is 0. The lowest BCUT2D eigenvalue weighted by atomic mass is 9.99. The second-order valence-corrected chi connectivity index (χ2v) is 7.02. The lowest BCUT2D eigenvalue weighted by Gasteiger charge is -2.44. The van der Waals surface area contributed by atoms with Crippen LogP contribution in [0.15, 0.2) is 35.3 Å². The average molecular weight is 340 g/mol. The first-order valence-electron chi connectivity index (χ1n) is 9.19. The molecule has 1 aromatic carbocycles. The van der Waals surface area contributed by atoms with Gasteiger partial charge in [0.2, 0.25) is 11.3 Å². The fourth-order valence-corrected chi connectivity index (χ4v) is 4.08. The Morgan fingerprint density at radius 3 is 2.96 bits per heavy atom. The standard InChI is InChI=1S/C19H24N4O2/c24-18-13-20-23(17-7-2-1-6-16(17)18)10-8-19(25)22-12-11-21-9-4-3-5-15(21)14-22/h1-2,6-7,13,15H,3-5,8-12,14H2/t15-/m0/s1. The number of piperidine rings is 1. The number of para-hydroxylation sites is 1. The van der Waals surface area contributed by atoms with Crippen LogP contribution in [0.25, 0.3) is 10.9 Å². The van der Waals surface area contributed by atoms with Gasteiger partial charge < -0.3 is 4.90 Å². The molecule has 25 heavy (non-hydrogen) atoms. The minimum absolute atomic E-state index is 0.0772. The zero-order chi connectivity index (χ0) is 17.2. The van der Waals surface area contributed by atoms with E-state index in [9.17, 15) is 9.59 Å². The molecule has 1 amide bonds. The molecule has 1 aromatic heterocycles. The van der Waals surface area contributed by atoms with Crippen LogP contribution in [0, 0.1) is 0 Å². The maximum atomic E-state index is 12.7. The molecule has 0 unspecified atom stereocenters. The number of carbonyl (C=O) groups excluding carboxylic acids is 1. The predicted octanol–water partition coefficient (Wildman–Crippen LogP) is 1.48. The molecule has 0 radical (unpaired) electrons. The van der Waals surface area contributed by atoms with Crippen molar-refractivity contribution in [3.05, 3.63) is 40.7 Å². The molecular formula is C19H24N4O2. The van der Waals surface area contributed by atoms with Crippen molar-refractivity contribution in [2.24, 2.45) is 0 Å². The van der Waals surface area contributed by atoms with E-state index in [2.05, 4.69) is 10.00 Å². The molecule has 0 bridgehead atoms. The van der Waals surface area contributed by atoms with Crippen molar-refractivity contribution < 1.29 is 4.79 Å². The Bertz CT molecular complexity index is 832. The summed E-state index contributed by atoms with van der Waals surface area (Å²) in [5, 5.41) is 4.87. The first-order chi connectivity index (χ1) is 12.2. The number of piperazine rings is 1. The summed E-state index contributed by atoms with van der Waals surface area (Å²) in [5.74, 6) is 0.190. The van der Waals surface area contributed by atoms with Crippen LogP contribution in [-0.4, -0.2) is 57.7 Å². The fourth-order valence-electron chi connectivity index (χ4n) is 4.08. The SMILES string of the molecule is O=C(CCn1ncc(=O)c2ccccc21)N1CCN2CCCC[C@H]2C1. The monoisotopic (exact) mass is 340 g/mol. The number of amides is 1. The number of carbonyl (C=O) groups is 1. The van der Waals surface area contributed by atoms with Gasteiger partial charge in [0, 0.05) is 37.5 Å². The highest BCUT2D eigenvalue weighted by atomic mass is 16.2. The molecule has 6 nitrogen and oxygen atoms in total. The maximum absolute atomic E-state index is 12.7. The van der Waals surface area contributed by atoms with Crippen LogP contribution < -0.4 is 5.43 Å². The van der Waals surface area contributed by atoms with Crippen molar-refractivity contribution in [2.45, 2.75) is 38.3 Å². The third kappa shape index (κ3) is 3.31. The molecule has 0 aliphatic carbocycles. The van der Waals surface area contributed by atoms with Crippen LogP contribution in [0.3, 0.4) is 0 Å². The van der Waals surface area contributed by atoms with Crippen molar-refractivity contribution in [2.75, 3.05) is 26.2 Å². The summed E-state index contributed by atoms with van der Waals surface area (Å²) in [6.45, 7) is 4.37. The van der Waals surface area contributed by atoms with E-state index in [4.69, 9.17) is 0 Å². The Morgan fingerprint density at radius 2 is 2.04 bits per heavy atom. The van der Waals surface area contributed by atoms with Crippen molar-refractivity contribution >= 4 is 16.8 Å². The number of hydrogen-bond acceptors (Lipinski definition) is 4. The normalized spacial score (nSPS) is 21.3. The maximum Gasteiger partial charge on any atom is 0.224 e. The Hall–Kier alpha value is -2.21. The zero-order valence-electron chi connectivity index (χ0n) is 14.4. The molecular weight excluding hydrogens is 316 g/mol. The number of nitrogens with zero attached hydrogens (tertiary/aromatic N) is 4. The smallest absolute Gasteiger partial charge is 0.224 e. The van der Waals surface area contributed by atoms with Gasteiger partial charge in [0.15, 0.2) is 0 Å². The molecule has 2 aromatic rings. The Kier molecular flexibility index (Phi) is 4.53. The number of aryl methyl sites for hydroxylation is 1. The lowest BCUT2D eigenvalue weighted by Crippen LogP contribution is -2.56. The molecule has 0 spiro atoms. The summed E-state index contributed by atoms with van der Waals surface area (Å²) < 4.78 is 1.77. The van der Waals surface area contributed by atoms with Gasteiger partial charge in [-0.1, -0.05) is 18.6 Å². The molecule has 2 aliphatic rings. The molecule has 2 aliphatic heterocycles. The topological polar surface area (TPSA) is 58.4 Å². The average Bonchev–Trinajstić information content (AvgIpc) is 2.67. The summed E-state index contributed by atoms with van der Waals surface area (Å²) in [6, 6.07) is 7.97. The summed E-state index contributed by atoms with van der Waals surface area (Å²) in [6.07, 6.45) is 5.53. The Balaban J connectivity index is 1.42. The van der Waals surface area contributed by atoms with E-state index in [-0.39, 0.29) is 11.3 Å². The van der Waals surface area contributed by atoms with Crippen molar-refractivity contribution in [3.8, 4) is 0 Å². The number of rotatable bonds is 3. The first-order valence-corrected chi connectivity index (χ1v) is 9.19. The van der Waals surface area contributed by atoms with E-state index in [1.54, 1.807) is 10.7 Å². The van der Waals surface area contributed by atoms with E-state index in [1.165, 1.54) is 32.0 Å². The van der Waals surface area contributed by atoms with E-state index in [0.717, 1.165) is 25.2 Å². The van der Waals surface area contributed by atoms with Gasteiger partial charge in [-0.05, 0) is 31.5 Å². The number of benzene rings is 1. The molecule has 2 fully saturated rings. The first kappa shape index (κ1) is 16.3. The van der Waals surface area contributed by atoms with E-state index in [1.807, 2.05) is 23.1 Å². The van der Waals surface area contributed by atoms with Gasteiger partial charge in [-0.15, -0.1) is 0 Å². The summed E-state index contributed by atoms with van der Waals surface area (Å²) in [5.41, 5.74) is 0.714. The second-order valence-electron chi connectivity index (χ2n) is 7.02. The molecule has 6 heteroatoms. The lowest BCUT2D eigenvalue weighted by molar-refractivity contribution is -0.135. The molecule has 132 valence electrons. The Morgan fingerprint density at radius 1 is 1.16 bits per heavy atom. The van der Waals surface area contributed by atoms with Crippen LogP contribution >= 0.6 is 0 Å². The molecule has 3 heterocycles. The third-order valence-corrected chi connectivity index (χ3v) is 5.49. The van der Waals surface area contributed by atoms with Crippen LogP contribution in [0.1, 0.15) is 25.7 Å². The quantitative estimate of drug-likeness (QED) is 0.849. The van der Waals surface area contributed by atoms with Crippen LogP contribution in [-0.2, 0) is 11.3 Å². The third-order valence-electron chi connectivity index (χ3n) is 5.49. The van der Waals surface area contributed by atoms with Gasteiger partial charge >= 0.3 is 0 Å². The van der Waals surface area contributed by atoms with Crippen molar-refractivity contribution in [1.82, 2.24) is 19.6 Å². The summed E-state index contributed by atoms with van der Waals surface area (Å²) in [4.78, 5) is 29.1. The van der Waals surface area contributed by atoms with Crippen molar-refractivity contribution in [1.29, 1.82) is 0 Å². The highest BCUT2D eigenvalue weighted by molar-refractivity contribution is 5.79. The van der Waals surface area contributed by atoms with E-state index in [0.29, 0.717) is 24.4 Å². The highest BCUT2D eigenvalue weighted by Gasteiger charge is 2.30. The zero-order valence-corrected chi connectivity index (χ0v) is 14.4. The molecule has 0 saturated carbocycles. The highest BCUT2D eigenvalue weighted by Crippen LogP contribution is 2.21. The van der Waals surface area contributed by atoms with Crippen LogP contribution in [0.4, 0.5) is 0 Å². The van der Waals surface area contributed by atoms with Gasteiger partial charge in [-0.2, -0.15) is 5.10 Å². The molecule has 2 saturated heterocycles. The number of fused-ring (bicyclic) bond motifs is 2. The van der Waals surface area contributed by atoms with E-state index < -0.39 is 0 Å². The molecule has 0 N–H and O–H groups in total. The largest absolute Gasteiger partial charge is 0.340 e. The second kappa shape index (κ2) is 6.96. The van der Waals surface area contributed by atoms with Crippen LogP contribution in [0.2, 0.25) is 0 Å². The fraction of sp³-hybridized carbons (Fsp3) is 0.526. The van der Waals surface area contributed by atoms with Crippen molar-refractivity contribution in [3.63, 3.8) is 0 Å². The van der Waals surface area contributed by atoms with Gasteiger partial charge in [0.1, 0.15) is 0 Å². The predicted molar refractivity (Wildman–Crippen MR) is 96.4 cm³/mol. The van der Waals surface area contributed by atoms with Gasteiger partial charge in [0.25, 0.3) is 0 Å². The Labute approximate surface area is 147 Å². The van der Waals surface area contributed by atoms with Gasteiger partial charge in [-0.25, -0.2) is 0 Å². The number of aromatic nitrogens is 2. The summed E-state index contributed by atoms with van der Waals surface area (Å²) >= 11 is 0. The van der Waals surface area contributed by atoms with E-state index >= 15 is 0 Å². The molecule has 1 atom stereocenters. The summed E-state index contributed by atoms with van der Waals surface area (Å²) in [7, 11) is 0. The van der Waals surface area contributed by atoms with Gasteiger partial charge in [-0.3, -0.25) is 19.2 Å².